The maximum absolute atomic E-state index is 12.6. The topological polar surface area (TPSA) is 89.4 Å². The zero-order valence-corrected chi connectivity index (χ0v) is 16.2. The Bertz CT molecular complexity index is 895. The van der Waals surface area contributed by atoms with Gasteiger partial charge in [0.15, 0.2) is 0 Å². The van der Waals surface area contributed by atoms with Crippen LogP contribution >= 0.6 is 12.4 Å². The van der Waals surface area contributed by atoms with E-state index in [4.69, 9.17) is 0 Å². The smallest absolute Gasteiger partial charge is 0.354 e. The fourth-order valence-electron chi connectivity index (χ4n) is 3.04. The van der Waals surface area contributed by atoms with Gasteiger partial charge in [-0.1, -0.05) is 24.3 Å². The van der Waals surface area contributed by atoms with Crippen molar-refractivity contribution in [2.24, 2.45) is 7.05 Å². The molecule has 1 aliphatic rings. The third-order valence-electron chi connectivity index (χ3n) is 4.38. The average Bonchev–Trinajstić information content (AvgIpc) is 3.02. The molecule has 9 heteroatoms. The number of aryl methyl sites for hydroxylation is 1. The first kappa shape index (κ1) is 20.4. The Labute approximate surface area is 159 Å². The number of ether oxygens (including phenoxy) is 1. The number of carbonyl (C=O) groups excluding carboxylic acids is 1. The van der Waals surface area contributed by atoms with E-state index in [0.29, 0.717) is 0 Å². The van der Waals surface area contributed by atoms with E-state index < -0.39 is 16.0 Å². The van der Waals surface area contributed by atoms with Gasteiger partial charge in [0.05, 0.1) is 7.11 Å². The lowest BCUT2D eigenvalue weighted by Gasteiger charge is -2.27. The van der Waals surface area contributed by atoms with Crippen molar-refractivity contribution in [3.8, 4) is 0 Å². The Kier molecular flexibility index (Phi) is 6.46. The minimum Gasteiger partial charge on any atom is -0.464 e. The van der Waals surface area contributed by atoms with E-state index in [-0.39, 0.29) is 35.6 Å². The first-order valence-corrected chi connectivity index (χ1v) is 9.46. The molecule has 1 aromatic heterocycles. The van der Waals surface area contributed by atoms with Gasteiger partial charge in [-0.05, 0) is 30.2 Å². The molecule has 0 saturated heterocycles. The molecule has 0 fully saturated rings. The van der Waals surface area contributed by atoms with E-state index in [0.717, 1.165) is 18.5 Å². The summed E-state index contributed by atoms with van der Waals surface area (Å²) in [5, 5.41) is 3.34. The number of nitrogens with zero attached hydrogens (tertiary/aromatic N) is 1. The second-order valence-corrected chi connectivity index (χ2v) is 7.74. The van der Waals surface area contributed by atoms with E-state index in [1.165, 1.54) is 29.5 Å². The molecular formula is C17H22ClN3O4S. The lowest BCUT2D eigenvalue weighted by molar-refractivity contribution is 0.0590. The zero-order valence-electron chi connectivity index (χ0n) is 14.6. The van der Waals surface area contributed by atoms with Gasteiger partial charge in [0.25, 0.3) is 0 Å². The van der Waals surface area contributed by atoms with Crippen LogP contribution in [0.1, 0.15) is 27.7 Å². The maximum atomic E-state index is 12.6. The van der Waals surface area contributed by atoms with Gasteiger partial charge in [0, 0.05) is 25.8 Å². The van der Waals surface area contributed by atoms with Gasteiger partial charge < -0.3 is 14.6 Å². The minimum absolute atomic E-state index is 0. The SMILES string of the molecule is COC(=O)c1cc(S(=O)(=O)NCC2NCCc3ccccc32)cn1C.Cl. The number of hydrogen-bond donors (Lipinski definition) is 2. The number of halogens is 1. The summed E-state index contributed by atoms with van der Waals surface area (Å²) in [5.74, 6) is -0.577. The summed E-state index contributed by atoms with van der Waals surface area (Å²) in [4.78, 5) is 11.7. The lowest BCUT2D eigenvalue weighted by Crippen LogP contribution is -2.38. The van der Waals surface area contributed by atoms with Crippen molar-refractivity contribution in [3.05, 3.63) is 53.3 Å². The van der Waals surface area contributed by atoms with Crippen molar-refractivity contribution < 1.29 is 17.9 Å². The maximum Gasteiger partial charge on any atom is 0.354 e. The molecule has 2 N–H and O–H groups in total. The number of nitrogens with one attached hydrogen (secondary N) is 2. The largest absolute Gasteiger partial charge is 0.464 e. The number of esters is 1. The number of rotatable bonds is 5. The van der Waals surface area contributed by atoms with Crippen LogP contribution < -0.4 is 10.0 Å². The van der Waals surface area contributed by atoms with E-state index in [1.807, 2.05) is 18.2 Å². The third-order valence-corrected chi connectivity index (χ3v) is 5.77. The lowest BCUT2D eigenvalue weighted by atomic mass is 9.95. The Morgan fingerprint density at radius 3 is 2.85 bits per heavy atom. The molecule has 1 aliphatic heterocycles. The molecular weight excluding hydrogens is 378 g/mol. The molecule has 0 saturated carbocycles. The van der Waals surface area contributed by atoms with Crippen LogP contribution in [0.3, 0.4) is 0 Å². The Hall–Kier alpha value is -1.87. The Morgan fingerprint density at radius 1 is 1.38 bits per heavy atom. The summed E-state index contributed by atoms with van der Waals surface area (Å²) >= 11 is 0. The predicted molar refractivity (Wildman–Crippen MR) is 100 cm³/mol. The molecule has 26 heavy (non-hydrogen) atoms. The second-order valence-electron chi connectivity index (χ2n) is 5.97. The highest BCUT2D eigenvalue weighted by molar-refractivity contribution is 7.89. The fourth-order valence-corrected chi connectivity index (χ4v) is 4.16. The number of benzene rings is 1. The molecule has 7 nitrogen and oxygen atoms in total. The number of methoxy groups -OCH3 is 1. The molecule has 2 aromatic rings. The summed E-state index contributed by atoms with van der Waals surface area (Å²) in [5.41, 5.74) is 2.53. The summed E-state index contributed by atoms with van der Waals surface area (Å²) in [6.45, 7) is 1.04. The van der Waals surface area contributed by atoms with Crippen molar-refractivity contribution in [3.63, 3.8) is 0 Å². The van der Waals surface area contributed by atoms with E-state index in [9.17, 15) is 13.2 Å². The average molecular weight is 400 g/mol. The van der Waals surface area contributed by atoms with Crippen LogP contribution in [0.25, 0.3) is 0 Å². The van der Waals surface area contributed by atoms with Crippen LogP contribution in [0.5, 0.6) is 0 Å². The van der Waals surface area contributed by atoms with Crippen LogP contribution in [0.15, 0.2) is 41.4 Å². The van der Waals surface area contributed by atoms with Crippen molar-refractivity contribution in [2.75, 3.05) is 20.2 Å². The second kappa shape index (κ2) is 8.22. The van der Waals surface area contributed by atoms with Gasteiger partial charge >= 0.3 is 5.97 Å². The van der Waals surface area contributed by atoms with Crippen molar-refractivity contribution in [1.29, 1.82) is 0 Å². The highest BCUT2D eigenvalue weighted by Crippen LogP contribution is 2.22. The predicted octanol–water partition coefficient (Wildman–Crippen LogP) is 1.40. The van der Waals surface area contributed by atoms with Crippen LogP contribution in [-0.4, -0.2) is 39.2 Å². The first-order valence-electron chi connectivity index (χ1n) is 7.98. The Morgan fingerprint density at radius 2 is 2.12 bits per heavy atom. The quantitative estimate of drug-likeness (QED) is 0.742. The summed E-state index contributed by atoms with van der Waals surface area (Å²) in [6, 6.07) is 9.26. The molecule has 0 aliphatic carbocycles. The van der Waals surface area contributed by atoms with Crippen LogP contribution in [0.2, 0.25) is 0 Å². The van der Waals surface area contributed by atoms with E-state index >= 15 is 0 Å². The molecule has 2 heterocycles. The van der Waals surface area contributed by atoms with Gasteiger partial charge in [-0.25, -0.2) is 17.9 Å². The third kappa shape index (κ3) is 4.09. The summed E-state index contributed by atoms with van der Waals surface area (Å²) < 4.78 is 33.8. The fraction of sp³-hybridized carbons (Fsp3) is 0.353. The minimum atomic E-state index is -3.72. The standard InChI is InChI=1S/C17H21N3O4S.ClH/c1-20-11-13(9-16(20)17(21)24-2)25(22,23)19-10-15-14-6-4-3-5-12(14)7-8-18-15;/h3-6,9,11,15,18-19H,7-8,10H2,1-2H3;1H. The number of aromatic nitrogens is 1. The highest BCUT2D eigenvalue weighted by atomic mass is 35.5. The number of sulfonamides is 1. The molecule has 0 spiro atoms. The summed E-state index contributed by atoms with van der Waals surface area (Å²) in [7, 11) is -0.865. The molecule has 142 valence electrons. The zero-order chi connectivity index (χ0) is 18.0. The summed E-state index contributed by atoms with van der Waals surface area (Å²) in [6.07, 6.45) is 2.33. The first-order chi connectivity index (χ1) is 11.9. The van der Waals surface area contributed by atoms with Gasteiger partial charge in [-0.15, -0.1) is 12.4 Å². The van der Waals surface area contributed by atoms with Crippen LogP contribution in [0, 0.1) is 0 Å². The van der Waals surface area contributed by atoms with Gasteiger partial charge in [0.2, 0.25) is 10.0 Å². The van der Waals surface area contributed by atoms with Crippen molar-refractivity contribution >= 4 is 28.4 Å². The van der Waals surface area contributed by atoms with Gasteiger partial charge in [0.1, 0.15) is 10.6 Å². The molecule has 1 aromatic carbocycles. The molecule has 3 rings (SSSR count). The van der Waals surface area contributed by atoms with Gasteiger partial charge in [-0.2, -0.15) is 0 Å². The van der Waals surface area contributed by atoms with Crippen molar-refractivity contribution in [1.82, 2.24) is 14.6 Å². The molecule has 1 atom stereocenters. The van der Waals surface area contributed by atoms with Crippen molar-refractivity contribution in [2.45, 2.75) is 17.4 Å². The number of fused-ring (bicyclic) bond motifs is 1. The molecule has 1 unspecified atom stereocenters. The van der Waals surface area contributed by atoms with Crippen LogP contribution in [-0.2, 0) is 28.2 Å². The van der Waals surface area contributed by atoms with E-state index in [2.05, 4.69) is 20.8 Å². The molecule has 0 radical (unpaired) electrons. The van der Waals surface area contributed by atoms with Gasteiger partial charge in [-0.3, -0.25) is 0 Å². The normalized spacial score (nSPS) is 16.5. The number of hydrogen-bond acceptors (Lipinski definition) is 5. The monoisotopic (exact) mass is 399 g/mol. The van der Waals surface area contributed by atoms with E-state index in [1.54, 1.807) is 7.05 Å². The number of carbonyl (C=O) groups is 1. The molecule has 0 bridgehead atoms. The highest BCUT2D eigenvalue weighted by Gasteiger charge is 2.24. The van der Waals surface area contributed by atoms with Crippen LogP contribution in [0.4, 0.5) is 0 Å². The Balaban J connectivity index is 0.00000243. The molecule has 0 amide bonds.